The summed E-state index contributed by atoms with van der Waals surface area (Å²) in [7, 11) is 0. The maximum absolute atomic E-state index is 12.2. The third-order valence-corrected chi connectivity index (χ3v) is 4.37. The summed E-state index contributed by atoms with van der Waals surface area (Å²) >= 11 is 12.0. The Morgan fingerprint density at radius 3 is 2.62 bits per heavy atom. The van der Waals surface area contributed by atoms with Gasteiger partial charge in [-0.05, 0) is 31.9 Å². The van der Waals surface area contributed by atoms with E-state index >= 15 is 0 Å². The van der Waals surface area contributed by atoms with Crippen LogP contribution in [-0.2, 0) is 9.53 Å². The van der Waals surface area contributed by atoms with Crippen LogP contribution < -0.4 is 10.6 Å². The Kier molecular flexibility index (Phi) is 7.15. The summed E-state index contributed by atoms with van der Waals surface area (Å²) < 4.78 is 5.46. The first-order valence-electron chi connectivity index (χ1n) is 7.89. The van der Waals surface area contributed by atoms with Gasteiger partial charge in [0.25, 0.3) is 0 Å². The summed E-state index contributed by atoms with van der Waals surface area (Å²) in [6.07, 6.45) is 2.01. The Bertz CT molecular complexity index is 572. The van der Waals surface area contributed by atoms with Gasteiger partial charge in [-0.1, -0.05) is 29.3 Å². The molecule has 132 valence electrons. The molecule has 0 aromatic heterocycles. The van der Waals surface area contributed by atoms with Gasteiger partial charge in [0.1, 0.15) is 6.54 Å². The number of rotatable bonds is 6. The van der Waals surface area contributed by atoms with Crippen molar-refractivity contribution in [3.05, 3.63) is 28.2 Å². The van der Waals surface area contributed by atoms with Gasteiger partial charge >= 0.3 is 6.03 Å². The van der Waals surface area contributed by atoms with E-state index in [9.17, 15) is 9.59 Å². The van der Waals surface area contributed by atoms with Gasteiger partial charge in [-0.3, -0.25) is 4.79 Å². The third-order valence-electron chi connectivity index (χ3n) is 3.74. The van der Waals surface area contributed by atoms with Gasteiger partial charge in [0.15, 0.2) is 0 Å². The number of urea groups is 1. The highest BCUT2D eigenvalue weighted by Gasteiger charge is 2.20. The average Bonchev–Trinajstić information content (AvgIpc) is 3.07. The number of ether oxygens (including phenoxy) is 1. The zero-order valence-corrected chi connectivity index (χ0v) is 15.0. The van der Waals surface area contributed by atoms with E-state index < -0.39 is 0 Å². The van der Waals surface area contributed by atoms with Crippen molar-refractivity contribution in [2.75, 3.05) is 31.6 Å². The standard InChI is InChI=1S/C16H21Cl2N3O3/c1-2-21(16(23)19-9-11-5-4-8-24-11)10-14(22)20-15-12(17)6-3-7-13(15)18/h3,6-7,11H,2,4-5,8-10H2,1H3,(H,19,23)(H,20,22). The molecule has 1 aromatic carbocycles. The van der Waals surface area contributed by atoms with Crippen molar-refractivity contribution in [2.24, 2.45) is 0 Å². The minimum atomic E-state index is -0.362. The van der Waals surface area contributed by atoms with Crippen LogP contribution in [0, 0.1) is 0 Å². The van der Waals surface area contributed by atoms with Crippen molar-refractivity contribution in [2.45, 2.75) is 25.9 Å². The molecule has 2 rings (SSSR count). The van der Waals surface area contributed by atoms with Gasteiger partial charge in [0, 0.05) is 19.7 Å². The molecule has 8 heteroatoms. The predicted molar refractivity (Wildman–Crippen MR) is 94.7 cm³/mol. The lowest BCUT2D eigenvalue weighted by Crippen LogP contribution is -2.45. The van der Waals surface area contributed by atoms with Gasteiger partial charge in [-0.15, -0.1) is 0 Å². The fourth-order valence-electron chi connectivity index (χ4n) is 2.42. The maximum atomic E-state index is 12.2. The van der Waals surface area contributed by atoms with E-state index in [1.54, 1.807) is 25.1 Å². The third kappa shape index (κ3) is 5.26. The molecule has 6 nitrogen and oxygen atoms in total. The molecule has 2 N–H and O–H groups in total. The molecule has 24 heavy (non-hydrogen) atoms. The molecule has 1 aliphatic rings. The fourth-order valence-corrected chi connectivity index (χ4v) is 2.91. The Hall–Kier alpha value is -1.50. The number of likely N-dealkylation sites (N-methyl/N-ethyl adjacent to an activating group) is 1. The molecule has 1 aliphatic heterocycles. The van der Waals surface area contributed by atoms with Crippen molar-refractivity contribution in [3.63, 3.8) is 0 Å². The molecule has 3 amide bonds. The lowest BCUT2D eigenvalue weighted by atomic mass is 10.2. The lowest BCUT2D eigenvalue weighted by Gasteiger charge is -2.22. The van der Waals surface area contributed by atoms with Gasteiger partial charge < -0.3 is 20.3 Å². The molecule has 1 fully saturated rings. The smallest absolute Gasteiger partial charge is 0.317 e. The van der Waals surface area contributed by atoms with E-state index in [1.165, 1.54) is 4.90 Å². The largest absolute Gasteiger partial charge is 0.376 e. The number of nitrogens with zero attached hydrogens (tertiary/aromatic N) is 1. The minimum absolute atomic E-state index is 0.0587. The first-order chi connectivity index (χ1) is 11.5. The molecular formula is C16H21Cl2N3O3. The van der Waals surface area contributed by atoms with Crippen LogP contribution in [0.3, 0.4) is 0 Å². The minimum Gasteiger partial charge on any atom is -0.376 e. The second-order valence-corrected chi connectivity index (χ2v) is 6.29. The Labute approximate surface area is 151 Å². The summed E-state index contributed by atoms with van der Waals surface area (Å²) in [5, 5.41) is 6.14. The van der Waals surface area contributed by atoms with Crippen LogP contribution in [0.4, 0.5) is 10.5 Å². The van der Waals surface area contributed by atoms with E-state index in [4.69, 9.17) is 27.9 Å². The van der Waals surface area contributed by atoms with E-state index in [2.05, 4.69) is 10.6 Å². The van der Waals surface area contributed by atoms with Gasteiger partial charge in [0.05, 0.1) is 21.8 Å². The molecule has 0 spiro atoms. The van der Waals surface area contributed by atoms with Crippen LogP contribution in [0.25, 0.3) is 0 Å². The highest BCUT2D eigenvalue weighted by molar-refractivity contribution is 6.39. The van der Waals surface area contributed by atoms with Crippen molar-refractivity contribution in [3.8, 4) is 0 Å². The Balaban J connectivity index is 1.86. The summed E-state index contributed by atoms with van der Waals surface area (Å²) in [5.74, 6) is -0.362. The monoisotopic (exact) mass is 373 g/mol. The highest BCUT2D eigenvalue weighted by atomic mass is 35.5. The number of benzene rings is 1. The molecule has 0 radical (unpaired) electrons. The van der Waals surface area contributed by atoms with Crippen molar-refractivity contribution in [1.29, 1.82) is 0 Å². The number of nitrogens with one attached hydrogen (secondary N) is 2. The van der Waals surface area contributed by atoms with Crippen LogP contribution >= 0.6 is 23.2 Å². The van der Waals surface area contributed by atoms with Crippen molar-refractivity contribution >= 4 is 40.8 Å². The molecule has 1 aromatic rings. The fraction of sp³-hybridized carbons (Fsp3) is 0.500. The zero-order valence-electron chi connectivity index (χ0n) is 13.5. The number of hydrogen-bond acceptors (Lipinski definition) is 3. The van der Waals surface area contributed by atoms with Crippen LogP contribution in [-0.4, -0.2) is 49.2 Å². The summed E-state index contributed by atoms with van der Waals surface area (Å²) in [4.78, 5) is 25.8. The lowest BCUT2D eigenvalue weighted by molar-refractivity contribution is -0.116. The normalized spacial score (nSPS) is 16.7. The molecule has 1 unspecified atom stereocenters. The average molecular weight is 374 g/mol. The maximum Gasteiger partial charge on any atom is 0.317 e. The van der Waals surface area contributed by atoms with Crippen LogP contribution in [0.2, 0.25) is 10.0 Å². The molecule has 1 saturated heterocycles. The Morgan fingerprint density at radius 2 is 2.04 bits per heavy atom. The van der Waals surface area contributed by atoms with Crippen molar-refractivity contribution < 1.29 is 14.3 Å². The number of halogens is 2. The zero-order chi connectivity index (χ0) is 17.5. The number of hydrogen-bond donors (Lipinski definition) is 2. The van der Waals surface area contributed by atoms with Crippen molar-refractivity contribution in [1.82, 2.24) is 10.2 Å². The van der Waals surface area contributed by atoms with Crippen LogP contribution in [0.5, 0.6) is 0 Å². The summed E-state index contributed by atoms with van der Waals surface area (Å²) in [5.41, 5.74) is 0.349. The molecule has 1 atom stereocenters. The number of carbonyl (C=O) groups excluding carboxylic acids is 2. The van der Waals surface area contributed by atoms with Gasteiger partial charge in [-0.25, -0.2) is 4.79 Å². The molecule has 0 bridgehead atoms. The molecule has 0 saturated carbocycles. The number of para-hydroxylation sites is 1. The summed E-state index contributed by atoms with van der Waals surface area (Å²) in [6.45, 7) is 3.31. The SMILES string of the molecule is CCN(CC(=O)Nc1c(Cl)cccc1Cl)C(=O)NCC1CCCO1. The first-order valence-corrected chi connectivity index (χ1v) is 8.65. The number of carbonyl (C=O) groups is 2. The van der Waals surface area contributed by atoms with E-state index in [1.807, 2.05) is 0 Å². The highest BCUT2D eigenvalue weighted by Crippen LogP contribution is 2.29. The van der Waals surface area contributed by atoms with Crippen LogP contribution in [0.15, 0.2) is 18.2 Å². The van der Waals surface area contributed by atoms with E-state index in [0.29, 0.717) is 28.8 Å². The summed E-state index contributed by atoms with van der Waals surface area (Å²) in [6, 6.07) is 4.66. The van der Waals surface area contributed by atoms with E-state index in [-0.39, 0.29) is 24.6 Å². The number of amides is 3. The van der Waals surface area contributed by atoms with Gasteiger partial charge in [0.2, 0.25) is 5.91 Å². The molecule has 0 aliphatic carbocycles. The second kappa shape index (κ2) is 9.11. The predicted octanol–water partition coefficient (Wildman–Crippen LogP) is 3.14. The van der Waals surface area contributed by atoms with Crippen LogP contribution in [0.1, 0.15) is 19.8 Å². The molecule has 1 heterocycles. The Morgan fingerprint density at radius 1 is 1.33 bits per heavy atom. The first kappa shape index (κ1) is 18.8. The topological polar surface area (TPSA) is 70.7 Å². The van der Waals surface area contributed by atoms with E-state index in [0.717, 1.165) is 19.4 Å². The second-order valence-electron chi connectivity index (χ2n) is 5.48. The molecular weight excluding hydrogens is 353 g/mol. The van der Waals surface area contributed by atoms with Gasteiger partial charge in [-0.2, -0.15) is 0 Å². The quantitative estimate of drug-likeness (QED) is 0.804. The number of anilines is 1.